The van der Waals surface area contributed by atoms with Crippen LogP contribution in [0.1, 0.15) is 46.5 Å². The van der Waals surface area contributed by atoms with E-state index in [1.807, 2.05) is 0 Å². The van der Waals surface area contributed by atoms with E-state index in [0.29, 0.717) is 12.1 Å². The molecule has 3 unspecified atom stereocenters. The number of hydrogen-bond donors (Lipinski definition) is 1. The van der Waals surface area contributed by atoms with Crippen molar-refractivity contribution in [1.29, 1.82) is 0 Å². The minimum absolute atomic E-state index is 0.658. The van der Waals surface area contributed by atoms with Gasteiger partial charge in [-0.1, -0.05) is 20.3 Å². The van der Waals surface area contributed by atoms with E-state index in [1.54, 1.807) is 0 Å². The van der Waals surface area contributed by atoms with Gasteiger partial charge in [0.05, 0.1) is 0 Å². The van der Waals surface area contributed by atoms with Crippen molar-refractivity contribution in [3.05, 3.63) is 0 Å². The second-order valence-corrected chi connectivity index (χ2v) is 5.99. The lowest BCUT2D eigenvalue weighted by molar-refractivity contribution is 0.0222. The van der Waals surface area contributed by atoms with Crippen molar-refractivity contribution in [2.24, 2.45) is 0 Å². The zero-order chi connectivity index (χ0) is 13.0. The van der Waals surface area contributed by atoms with Crippen molar-refractivity contribution >= 4 is 0 Å². The number of piperazine rings is 1. The second kappa shape index (κ2) is 6.88. The maximum Gasteiger partial charge on any atom is 0.0223 e. The maximum atomic E-state index is 3.65. The first kappa shape index (κ1) is 14.3. The molecule has 0 spiro atoms. The molecule has 3 heteroatoms. The summed E-state index contributed by atoms with van der Waals surface area (Å²) in [5.74, 6) is 0. The van der Waals surface area contributed by atoms with Gasteiger partial charge in [0.15, 0.2) is 0 Å². The van der Waals surface area contributed by atoms with Crippen molar-refractivity contribution in [1.82, 2.24) is 15.1 Å². The Hall–Kier alpha value is -0.120. The van der Waals surface area contributed by atoms with Crippen molar-refractivity contribution in [3.63, 3.8) is 0 Å². The van der Waals surface area contributed by atoms with Gasteiger partial charge in [-0.2, -0.15) is 0 Å². The highest BCUT2D eigenvalue weighted by atomic mass is 15.3. The first-order valence-corrected chi connectivity index (χ1v) is 7.97. The fourth-order valence-electron chi connectivity index (χ4n) is 3.72. The van der Waals surface area contributed by atoms with Crippen LogP contribution < -0.4 is 5.32 Å². The van der Waals surface area contributed by atoms with Crippen LogP contribution in [-0.2, 0) is 0 Å². The predicted molar refractivity (Wildman–Crippen MR) is 78.0 cm³/mol. The third kappa shape index (κ3) is 3.25. The summed E-state index contributed by atoms with van der Waals surface area (Å²) in [6, 6.07) is 2.18. The smallest absolute Gasteiger partial charge is 0.0223 e. The highest BCUT2D eigenvalue weighted by Crippen LogP contribution is 2.23. The van der Waals surface area contributed by atoms with Crippen molar-refractivity contribution in [3.8, 4) is 0 Å². The summed E-state index contributed by atoms with van der Waals surface area (Å²) in [6.45, 7) is 13.2. The lowest BCUT2D eigenvalue weighted by atomic mass is 9.97. The molecule has 2 heterocycles. The first-order valence-electron chi connectivity index (χ1n) is 7.97. The molecular weight excluding hydrogens is 222 g/mol. The first-order chi connectivity index (χ1) is 8.76. The summed E-state index contributed by atoms with van der Waals surface area (Å²) in [5, 5.41) is 3.65. The molecule has 0 aromatic rings. The van der Waals surface area contributed by atoms with E-state index in [4.69, 9.17) is 0 Å². The molecular formula is C15H31N3. The summed E-state index contributed by atoms with van der Waals surface area (Å²) in [6.07, 6.45) is 5.51. The summed E-state index contributed by atoms with van der Waals surface area (Å²) in [7, 11) is 0. The van der Waals surface area contributed by atoms with Crippen molar-refractivity contribution in [2.75, 3.05) is 32.7 Å². The Morgan fingerprint density at radius 3 is 2.72 bits per heavy atom. The van der Waals surface area contributed by atoms with E-state index in [-0.39, 0.29) is 0 Å². The normalized spacial score (nSPS) is 29.8. The van der Waals surface area contributed by atoms with Gasteiger partial charge in [0, 0.05) is 37.8 Å². The quantitative estimate of drug-likeness (QED) is 0.808. The molecule has 2 aliphatic rings. The van der Waals surface area contributed by atoms with Crippen LogP contribution in [0, 0.1) is 0 Å². The van der Waals surface area contributed by atoms with Gasteiger partial charge in [0.2, 0.25) is 0 Å². The summed E-state index contributed by atoms with van der Waals surface area (Å²) < 4.78 is 0. The average molecular weight is 253 g/mol. The Balaban J connectivity index is 1.88. The Morgan fingerprint density at radius 2 is 2.00 bits per heavy atom. The zero-order valence-electron chi connectivity index (χ0n) is 12.5. The van der Waals surface area contributed by atoms with Gasteiger partial charge in [-0.15, -0.1) is 0 Å². The number of hydrogen-bond acceptors (Lipinski definition) is 3. The highest BCUT2D eigenvalue weighted by molar-refractivity contribution is 4.90. The Labute approximate surface area is 113 Å². The number of nitrogens with one attached hydrogen (secondary N) is 1. The lowest BCUT2D eigenvalue weighted by Crippen LogP contribution is -2.60. The van der Waals surface area contributed by atoms with Crippen molar-refractivity contribution in [2.45, 2.75) is 64.6 Å². The third-order valence-electron chi connectivity index (χ3n) is 4.93. The standard InChI is InChI=1S/C15H31N3/c1-4-15(16-5-2)13(3)18-11-10-17-9-7-6-8-14(17)12-18/h13-16H,4-12H2,1-3H3. The minimum atomic E-state index is 0.658. The van der Waals surface area contributed by atoms with Crippen LogP contribution >= 0.6 is 0 Å². The lowest BCUT2D eigenvalue weighted by Gasteiger charge is -2.47. The molecule has 0 aliphatic carbocycles. The Morgan fingerprint density at radius 1 is 1.17 bits per heavy atom. The largest absolute Gasteiger partial charge is 0.313 e. The van der Waals surface area contributed by atoms with Gasteiger partial charge < -0.3 is 5.32 Å². The molecule has 0 aromatic heterocycles. The van der Waals surface area contributed by atoms with Crippen LogP contribution in [0.25, 0.3) is 0 Å². The molecule has 2 aliphatic heterocycles. The predicted octanol–water partition coefficient (Wildman–Crippen LogP) is 1.93. The van der Waals surface area contributed by atoms with E-state index in [0.717, 1.165) is 12.6 Å². The third-order valence-corrected chi connectivity index (χ3v) is 4.93. The Bertz CT molecular complexity index is 244. The molecule has 0 radical (unpaired) electrons. The number of nitrogens with zero attached hydrogens (tertiary/aromatic N) is 2. The SMILES string of the molecule is CCNC(CC)C(C)N1CCN2CCCCC2C1. The maximum absolute atomic E-state index is 3.65. The van der Waals surface area contributed by atoms with E-state index in [9.17, 15) is 0 Å². The van der Waals surface area contributed by atoms with Crippen LogP contribution in [0.3, 0.4) is 0 Å². The molecule has 0 saturated carbocycles. The molecule has 3 nitrogen and oxygen atoms in total. The Kier molecular flexibility index (Phi) is 5.46. The number of rotatable bonds is 5. The van der Waals surface area contributed by atoms with Crippen LogP contribution in [0.4, 0.5) is 0 Å². The van der Waals surface area contributed by atoms with E-state index in [1.165, 1.54) is 51.9 Å². The minimum Gasteiger partial charge on any atom is -0.313 e. The summed E-state index contributed by atoms with van der Waals surface area (Å²) in [5.41, 5.74) is 0. The van der Waals surface area contributed by atoms with Gasteiger partial charge in [-0.05, 0) is 39.3 Å². The fraction of sp³-hybridized carbons (Fsp3) is 1.00. The molecule has 18 heavy (non-hydrogen) atoms. The van der Waals surface area contributed by atoms with Crippen LogP contribution in [0.5, 0.6) is 0 Å². The van der Waals surface area contributed by atoms with Gasteiger partial charge in [0.25, 0.3) is 0 Å². The van der Waals surface area contributed by atoms with Gasteiger partial charge >= 0.3 is 0 Å². The van der Waals surface area contributed by atoms with Crippen LogP contribution in [-0.4, -0.2) is 60.6 Å². The molecule has 0 amide bonds. The van der Waals surface area contributed by atoms with Gasteiger partial charge in [-0.25, -0.2) is 0 Å². The molecule has 2 fully saturated rings. The van der Waals surface area contributed by atoms with Gasteiger partial charge in [0.1, 0.15) is 0 Å². The number of fused-ring (bicyclic) bond motifs is 1. The summed E-state index contributed by atoms with van der Waals surface area (Å²) >= 11 is 0. The highest BCUT2D eigenvalue weighted by Gasteiger charge is 2.32. The number of piperidine rings is 1. The number of likely N-dealkylation sites (N-methyl/N-ethyl adjacent to an activating group) is 1. The van der Waals surface area contributed by atoms with Crippen LogP contribution in [0.15, 0.2) is 0 Å². The second-order valence-electron chi connectivity index (χ2n) is 5.99. The topological polar surface area (TPSA) is 18.5 Å². The molecule has 2 saturated heterocycles. The zero-order valence-corrected chi connectivity index (χ0v) is 12.5. The molecule has 1 N–H and O–H groups in total. The van der Waals surface area contributed by atoms with E-state index in [2.05, 4.69) is 35.9 Å². The molecule has 2 rings (SSSR count). The van der Waals surface area contributed by atoms with E-state index < -0.39 is 0 Å². The monoisotopic (exact) mass is 253 g/mol. The van der Waals surface area contributed by atoms with E-state index >= 15 is 0 Å². The molecule has 0 bridgehead atoms. The molecule has 0 aromatic carbocycles. The van der Waals surface area contributed by atoms with Gasteiger partial charge in [-0.3, -0.25) is 9.80 Å². The average Bonchev–Trinajstić information content (AvgIpc) is 2.43. The fourth-order valence-corrected chi connectivity index (χ4v) is 3.72. The molecule has 106 valence electrons. The summed E-state index contributed by atoms with van der Waals surface area (Å²) in [4.78, 5) is 5.45. The molecule has 3 atom stereocenters. The van der Waals surface area contributed by atoms with Crippen LogP contribution in [0.2, 0.25) is 0 Å². The van der Waals surface area contributed by atoms with Crippen molar-refractivity contribution < 1.29 is 0 Å².